The van der Waals surface area contributed by atoms with E-state index in [1.807, 2.05) is 24.5 Å². The molecule has 0 N–H and O–H groups in total. The average Bonchev–Trinajstić information content (AvgIpc) is 2.68. The van der Waals surface area contributed by atoms with Crippen LogP contribution in [0.2, 0.25) is 0 Å². The van der Waals surface area contributed by atoms with Crippen LogP contribution in [0.25, 0.3) is 0 Å². The minimum atomic E-state index is 0.414. The summed E-state index contributed by atoms with van der Waals surface area (Å²) >= 11 is 0. The van der Waals surface area contributed by atoms with Crippen molar-refractivity contribution >= 4 is 0 Å². The van der Waals surface area contributed by atoms with Crippen molar-refractivity contribution < 1.29 is 9.47 Å². The molecule has 1 aliphatic rings. The van der Waals surface area contributed by atoms with E-state index in [9.17, 15) is 0 Å². The molecular weight excluding hydrogens is 314 g/mol. The second-order valence-corrected chi connectivity index (χ2v) is 6.46. The SMILES string of the molecule is COc1ccc(CN2CCN(C(C)c3cccnc3)CC2)cc1OC. The number of pyridine rings is 1. The van der Waals surface area contributed by atoms with Crippen molar-refractivity contribution in [2.24, 2.45) is 0 Å². The fraction of sp³-hybridized carbons (Fsp3) is 0.450. The molecule has 0 aliphatic carbocycles. The summed E-state index contributed by atoms with van der Waals surface area (Å²) in [6, 6.07) is 10.8. The van der Waals surface area contributed by atoms with E-state index in [1.165, 1.54) is 11.1 Å². The van der Waals surface area contributed by atoms with Gasteiger partial charge < -0.3 is 9.47 Å². The van der Waals surface area contributed by atoms with Gasteiger partial charge >= 0.3 is 0 Å². The third-order valence-corrected chi connectivity index (χ3v) is 4.98. The van der Waals surface area contributed by atoms with Gasteiger partial charge in [0.15, 0.2) is 11.5 Å². The molecule has 0 bridgehead atoms. The zero-order valence-electron chi connectivity index (χ0n) is 15.3. The van der Waals surface area contributed by atoms with Gasteiger partial charge in [0.25, 0.3) is 0 Å². The number of benzene rings is 1. The fourth-order valence-electron chi connectivity index (χ4n) is 3.38. The lowest BCUT2D eigenvalue weighted by Crippen LogP contribution is -2.46. The second kappa shape index (κ2) is 8.32. The van der Waals surface area contributed by atoms with E-state index in [-0.39, 0.29) is 0 Å². The van der Waals surface area contributed by atoms with Crippen LogP contribution in [-0.4, -0.2) is 55.2 Å². The normalized spacial score (nSPS) is 17.2. The topological polar surface area (TPSA) is 37.8 Å². The predicted molar refractivity (Wildman–Crippen MR) is 99.0 cm³/mol. The number of ether oxygens (including phenoxy) is 2. The van der Waals surface area contributed by atoms with Gasteiger partial charge in [-0.25, -0.2) is 0 Å². The average molecular weight is 341 g/mol. The first-order valence-corrected chi connectivity index (χ1v) is 8.78. The highest BCUT2D eigenvalue weighted by Gasteiger charge is 2.22. The quantitative estimate of drug-likeness (QED) is 0.807. The highest BCUT2D eigenvalue weighted by atomic mass is 16.5. The van der Waals surface area contributed by atoms with Gasteiger partial charge in [-0.05, 0) is 36.2 Å². The van der Waals surface area contributed by atoms with Crippen molar-refractivity contribution in [3.05, 3.63) is 53.9 Å². The molecule has 25 heavy (non-hydrogen) atoms. The van der Waals surface area contributed by atoms with Crippen molar-refractivity contribution in [1.29, 1.82) is 0 Å². The van der Waals surface area contributed by atoms with Crippen LogP contribution in [-0.2, 0) is 6.54 Å². The summed E-state index contributed by atoms with van der Waals surface area (Å²) < 4.78 is 10.7. The van der Waals surface area contributed by atoms with Gasteiger partial charge in [0.05, 0.1) is 14.2 Å². The Labute approximate surface area is 150 Å². The van der Waals surface area contributed by atoms with Crippen LogP contribution in [0.15, 0.2) is 42.7 Å². The predicted octanol–water partition coefficient (Wildman–Crippen LogP) is 2.98. The molecule has 1 aromatic heterocycles. The lowest BCUT2D eigenvalue weighted by atomic mass is 10.1. The van der Waals surface area contributed by atoms with Crippen LogP contribution in [0.4, 0.5) is 0 Å². The Morgan fingerprint density at radius 2 is 1.80 bits per heavy atom. The highest BCUT2D eigenvalue weighted by Crippen LogP contribution is 2.28. The van der Waals surface area contributed by atoms with Crippen molar-refractivity contribution in [2.75, 3.05) is 40.4 Å². The number of rotatable bonds is 6. The van der Waals surface area contributed by atoms with Gasteiger partial charge in [-0.2, -0.15) is 0 Å². The van der Waals surface area contributed by atoms with E-state index in [0.717, 1.165) is 44.2 Å². The molecule has 1 aromatic carbocycles. The molecule has 0 saturated carbocycles. The van der Waals surface area contributed by atoms with Crippen LogP contribution in [0.5, 0.6) is 11.5 Å². The van der Waals surface area contributed by atoms with Crippen LogP contribution >= 0.6 is 0 Å². The van der Waals surface area contributed by atoms with Gasteiger partial charge in [0.2, 0.25) is 0 Å². The van der Waals surface area contributed by atoms with Crippen LogP contribution in [0.1, 0.15) is 24.1 Å². The number of methoxy groups -OCH3 is 2. The minimum absolute atomic E-state index is 0.414. The van der Waals surface area contributed by atoms with Crippen molar-refractivity contribution in [2.45, 2.75) is 19.5 Å². The first kappa shape index (κ1) is 17.7. The summed E-state index contributed by atoms with van der Waals surface area (Å²) in [7, 11) is 3.35. The van der Waals surface area contributed by atoms with Gasteiger partial charge in [-0.1, -0.05) is 12.1 Å². The molecule has 0 spiro atoms. The first-order chi connectivity index (χ1) is 12.2. The number of aromatic nitrogens is 1. The first-order valence-electron chi connectivity index (χ1n) is 8.78. The standard InChI is InChI=1S/C20H27N3O2/c1-16(18-5-4-8-21-14-18)23-11-9-22(10-12-23)15-17-6-7-19(24-2)20(13-17)25-3/h4-8,13-14,16H,9-12,15H2,1-3H3. The number of hydrogen-bond donors (Lipinski definition) is 0. The molecule has 1 atom stereocenters. The molecule has 5 nitrogen and oxygen atoms in total. The highest BCUT2D eigenvalue weighted by molar-refractivity contribution is 5.42. The molecule has 5 heteroatoms. The molecule has 1 aliphatic heterocycles. The third-order valence-electron chi connectivity index (χ3n) is 4.98. The zero-order valence-corrected chi connectivity index (χ0v) is 15.3. The van der Waals surface area contributed by atoms with E-state index >= 15 is 0 Å². The minimum Gasteiger partial charge on any atom is -0.493 e. The van der Waals surface area contributed by atoms with Gasteiger partial charge in [-0.15, -0.1) is 0 Å². The molecule has 3 rings (SSSR count). The summed E-state index contributed by atoms with van der Waals surface area (Å²) in [6.07, 6.45) is 3.80. The van der Waals surface area contributed by atoms with Crippen LogP contribution in [0.3, 0.4) is 0 Å². The van der Waals surface area contributed by atoms with E-state index in [0.29, 0.717) is 6.04 Å². The van der Waals surface area contributed by atoms with Crippen LogP contribution < -0.4 is 9.47 Å². The summed E-state index contributed by atoms with van der Waals surface area (Å²) in [5, 5.41) is 0. The lowest BCUT2D eigenvalue weighted by Gasteiger charge is -2.38. The Balaban J connectivity index is 1.56. The van der Waals surface area contributed by atoms with Crippen molar-refractivity contribution in [3.63, 3.8) is 0 Å². The lowest BCUT2D eigenvalue weighted by molar-refractivity contribution is 0.0977. The molecule has 1 fully saturated rings. The zero-order chi connectivity index (χ0) is 17.6. The largest absolute Gasteiger partial charge is 0.493 e. The van der Waals surface area contributed by atoms with E-state index in [2.05, 4.69) is 39.9 Å². The van der Waals surface area contributed by atoms with Gasteiger partial charge in [0.1, 0.15) is 0 Å². The van der Waals surface area contributed by atoms with Gasteiger partial charge in [0, 0.05) is 51.2 Å². The van der Waals surface area contributed by atoms with Crippen molar-refractivity contribution in [1.82, 2.24) is 14.8 Å². The molecule has 134 valence electrons. The Hall–Kier alpha value is -2.11. The smallest absolute Gasteiger partial charge is 0.161 e. The maximum Gasteiger partial charge on any atom is 0.161 e. The maximum atomic E-state index is 5.41. The molecule has 0 radical (unpaired) electrons. The summed E-state index contributed by atoms with van der Waals surface area (Å²) in [6.45, 7) is 7.49. The Morgan fingerprint density at radius 3 is 2.44 bits per heavy atom. The molecule has 1 unspecified atom stereocenters. The number of nitrogens with zero attached hydrogens (tertiary/aromatic N) is 3. The number of piperazine rings is 1. The Kier molecular flexibility index (Phi) is 5.89. The van der Waals surface area contributed by atoms with E-state index < -0.39 is 0 Å². The molecular formula is C20H27N3O2. The third kappa shape index (κ3) is 4.30. The van der Waals surface area contributed by atoms with Crippen molar-refractivity contribution in [3.8, 4) is 11.5 Å². The maximum absolute atomic E-state index is 5.41. The van der Waals surface area contributed by atoms with E-state index in [1.54, 1.807) is 14.2 Å². The van der Waals surface area contributed by atoms with E-state index in [4.69, 9.17) is 9.47 Å². The fourth-order valence-corrected chi connectivity index (χ4v) is 3.38. The van der Waals surface area contributed by atoms with Gasteiger partial charge in [-0.3, -0.25) is 14.8 Å². The second-order valence-electron chi connectivity index (χ2n) is 6.46. The monoisotopic (exact) mass is 341 g/mol. The summed E-state index contributed by atoms with van der Waals surface area (Å²) in [5.41, 5.74) is 2.54. The summed E-state index contributed by atoms with van der Waals surface area (Å²) in [4.78, 5) is 9.27. The van der Waals surface area contributed by atoms with Crippen LogP contribution in [0, 0.1) is 0 Å². The Bertz CT molecular complexity index is 670. The molecule has 1 saturated heterocycles. The number of hydrogen-bond acceptors (Lipinski definition) is 5. The summed E-state index contributed by atoms with van der Waals surface area (Å²) in [5.74, 6) is 1.57. The molecule has 2 aromatic rings. The molecule has 2 heterocycles. The Morgan fingerprint density at radius 1 is 1.04 bits per heavy atom. The molecule has 0 amide bonds.